The molecule has 7 atom stereocenters. The number of esters is 1. The third kappa shape index (κ3) is 1.13. The molecule has 2 aliphatic heterocycles. The lowest BCUT2D eigenvalue weighted by Gasteiger charge is -2.54. The molecule has 2 saturated heterocycles. The third-order valence-corrected chi connectivity index (χ3v) is 7.12. The van der Waals surface area contributed by atoms with Crippen molar-refractivity contribution in [3.63, 3.8) is 0 Å². The number of ether oxygens (including phenoxy) is 1. The van der Waals surface area contributed by atoms with E-state index in [1.54, 1.807) is 0 Å². The molecule has 2 bridgehead atoms. The Labute approximate surface area is 120 Å². The number of carbonyl (C=O) groups excluding carboxylic acids is 1. The van der Waals surface area contributed by atoms with E-state index in [-0.39, 0.29) is 35.4 Å². The number of nitrogens with zero attached hydrogens (tertiary/aromatic N) is 1. The van der Waals surface area contributed by atoms with Gasteiger partial charge in [0.15, 0.2) is 0 Å². The van der Waals surface area contributed by atoms with Crippen LogP contribution in [0, 0.1) is 29.1 Å². The van der Waals surface area contributed by atoms with Crippen LogP contribution in [-0.2, 0) is 9.53 Å². The first-order valence-corrected chi connectivity index (χ1v) is 7.95. The Hall–Kier alpha value is -0.610. The van der Waals surface area contributed by atoms with Crippen LogP contribution in [0.2, 0.25) is 0 Å². The fourth-order valence-electron chi connectivity index (χ4n) is 6.28. The van der Waals surface area contributed by atoms with Crippen LogP contribution >= 0.6 is 0 Å². The lowest BCUT2D eigenvalue weighted by molar-refractivity contribution is -0.169. The molecule has 0 radical (unpaired) electrons. The Morgan fingerprint density at radius 2 is 2.15 bits per heavy atom. The summed E-state index contributed by atoms with van der Waals surface area (Å²) in [6.45, 7) is 7.53. The molecule has 0 unspecified atom stereocenters. The molecule has 0 aromatic heterocycles. The predicted molar refractivity (Wildman–Crippen MR) is 73.9 cm³/mol. The highest BCUT2D eigenvalue weighted by Gasteiger charge is 2.78. The van der Waals surface area contributed by atoms with E-state index in [1.165, 1.54) is 0 Å². The maximum Gasteiger partial charge on any atom is 0.312 e. The number of fused-ring (bicyclic) bond motifs is 4. The second-order valence-corrected chi connectivity index (χ2v) is 8.03. The summed E-state index contributed by atoms with van der Waals surface area (Å²) in [6, 6.07) is 0.176. The van der Waals surface area contributed by atoms with Gasteiger partial charge in [0.05, 0.1) is 17.6 Å². The van der Waals surface area contributed by atoms with E-state index in [1.807, 2.05) is 0 Å². The minimum Gasteiger partial charge on any atom is -0.460 e. The van der Waals surface area contributed by atoms with E-state index in [0.29, 0.717) is 11.8 Å². The van der Waals surface area contributed by atoms with Crippen LogP contribution in [0.25, 0.3) is 0 Å². The third-order valence-electron chi connectivity index (χ3n) is 7.12. The van der Waals surface area contributed by atoms with E-state index >= 15 is 0 Å². The second-order valence-electron chi connectivity index (χ2n) is 8.03. The van der Waals surface area contributed by atoms with Gasteiger partial charge >= 0.3 is 5.97 Å². The number of likely N-dealkylation sites (N-methyl/N-ethyl adjacent to an activating group) is 1. The van der Waals surface area contributed by atoms with Gasteiger partial charge in [-0.2, -0.15) is 0 Å². The van der Waals surface area contributed by atoms with Crippen LogP contribution < -0.4 is 0 Å². The molecule has 0 aromatic rings. The molecule has 1 N–H and O–H groups in total. The second kappa shape index (κ2) is 3.58. The van der Waals surface area contributed by atoms with Gasteiger partial charge < -0.3 is 9.84 Å². The number of hydrogen-bond acceptors (Lipinski definition) is 4. The zero-order chi connectivity index (χ0) is 14.4. The summed E-state index contributed by atoms with van der Waals surface area (Å²) in [5.74, 6) is 0.546. The summed E-state index contributed by atoms with van der Waals surface area (Å²) >= 11 is 0. The highest BCUT2D eigenvalue weighted by atomic mass is 16.6. The molecule has 4 heteroatoms. The van der Waals surface area contributed by atoms with Crippen molar-refractivity contribution in [2.75, 3.05) is 13.6 Å². The van der Waals surface area contributed by atoms with Gasteiger partial charge in [0.2, 0.25) is 0 Å². The molecule has 4 nitrogen and oxygen atoms in total. The quantitative estimate of drug-likeness (QED) is 0.735. The molecule has 20 heavy (non-hydrogen) atoms. The van der Waals surface area contributed by atoms with Crippen molar-refractivity contribution < 1.29 is 14.6 Å². The molecule has 0 spiro atoms. The van der Waals surface area contributed by atoms with Crippen LogP contribution in [0.1, 0.15) is 33.6 Å². The zero-order valence-corrected chi connectivity index (χ0v) is 12.8. The smallest absolute Gasteiger partial charge is 0.312 e. The Balaban J connectivity index is 1.92. The maximum atomic E-state index is 12.4. The van der Waals surface area contributed by atoms with Crippen LogP contribution in [0.5, 0.6) is 0 Å². The van der Waals surface area contributed by atoms with Gasteiger partial charge in [-0.3, -0.25) is 9.69 Å². The largest absolute Gasteiger partial charge is 0.460 e. The molecule has 2 saturated carbocycles. The Bertz CT molecular complexity index is 478. The Morgan fingerprint density at radius 1 is 1.45 bits per heavy atom. The van der Waals surface area contributed by atoms with E-state index in [9.17, 15) is 9.90 Å². The monoisotopic (exact) mass is 279 g/mol. The number of carbonyl (C=O) groups is 1. The van der Waals surface area contributed by atoms with Gasteiger partial charge in [0.1, 0.15) is 6.10 Å². The molecule has 112 valence electrons. The van der Waals surface area contributed by atoms with Crippen LogP contribution in [0.4, 0.5) is 0 Å². The Kier molecular flexibility index (Phi) is 2.34. The summed E-state index contributed by atoms with van der Waals surface area (Å²) in [6.07, 6.45) is 1.76. The standard InChI is InChI=1S/C16H25NO3/c1-8(2)10-11-14(18)20-12(10)13-15(3)9(7-17(13)4)5-6-16(11,15)19/h8-13,19H,5-7H2,1-4H3/t9-,10+,11-,12-,13-,15-,16-/m1/s1. The van der Waals surface area contributed by atoms with E-state index in [0.717, 1.165) is 19.4 Å². The molecule has 0 aromatic carbocycles. The minimum atomic E-state index is -0.869. The summed E-state index contributed by atoms with van der Waals surface area (Å²) in [5, 5.41) is 11.5. The van der Waals surface area contributed by atoms with Gasteiger partial charge in [-0.1, -0.05) is 20.8 Å². The van der Waals surface area contributed by atoms with Crippen LogP contribution in [-0.4, -0.2) is 47.3 Å². The minimum absolute atomic E-state index is 0.0362. The average Bonchev–Trinajstić information content (AvgIpc) is 2.88. The molecule has 4 fully saturated rings. The summed E-state index contributed by atoms with van der Waals surface area (Å²) in [5.41, 5.74) is -1.05. The number of aliphatic hydroxyl groups is 1. The lowest BCUT2D eigenvalue weighted by atomic mass is 9.53. The van der Waals surface area contributed by atoms with Crippen LogP contribution in [0.3, 0.4) is 0 Å². The highest BCUT2D eigenvalue weighted by Crippen LogP contribution is 2.68. The Morgan fingerprint density at radius 3 is 2.80 bits per heavy atom. The molecule has 2 heterocycles. The zero-order valence-electron chi connectivity index (χ0n) is 12.8. The van der Waals surface area contributed by atoms with E-state index < -0.39 is 5.60 Å². The molecular weight excluding hydrogens is 254 g/mol. The van der Waals surface area contributed by atoms with Crippen molar-refractivity contribution in [1.82, 2.24) is 4.90 Å². The van der Waals surface area contributed by atoms with E-state index in [4.69, 9.17) is 4.74 Å². The van der Waals surface area contributed by atoms with Crippen molar-refractivity contribution in [3.05, 3.63) is 0 Å². The average molecular weight is 279 g/mol. The van der Waals surface area contributed by atoms with Crippen molar-refractivity contribution in [2.45, 2.75) is 51.4 Å². The first kappa shape index (κ1) is 13.1. The SMILES string of the molecule is CC(C)[C@@H]1[C@H]2OC(=O)[C@@H]1[C@]1(O)CC[C@@H]3CN(C)[C@H]2[C@@]31C. The van der Waals surface area contributed by atoms with Gasteiger partial charge in [0, 0.05) is 17.9 Å². The van der Waals surface area contributed by atoms with E-state index in [2.05, 4.69) is 32.7 Å². The van der Waals surface area contributed by atoms with Gasteiger partial charge in [-0.05, 0) is 31.7 Å². The molecule has 2 aliphatic carbocycles. The molecule has 4 aliphatic rings. The summed E-state index contributed by atoms with van der Waals surface area (Å²) in [7, 11) is 2.12. The maximum absolute atomic E-state index is 12.4. The number of rotatable bonds is 1. The fourth-order valence-corrected chi connectivity index (χ4v) is 6.28. The summed E-state index contributed by atoms with van der Waals surface area (Å²) < 4.78 is 5.79. The fraction of sp³-hybridized carbons (Fsp3) is 0.938. The van der Waals surface area contributed by atoms with Crippen molar-refractivity contribution in [2.24, 2.45) is 29.1 Å². The topological polar surface area (TPSA) is 49.8 Å². The lowest BCUT2D eigenvalue weighted by Crippen LogP contribution is -2.66. The molecule has 4 rings (SSSR count). The molecular formula is C16H25NO3. The van der Waals surface area contributed by atoms with Crippen molar-refractivity contribution in [3.8, 4) is 0 Å². The van der Waals surface area contributed by atoms with Gasteiger partial charge in [0.25, 0.3) is 0 Å². The van der Waals surface area contributed by atoms with Gasteiger partial charge in [-0.25, -0.2) is 0 Å². The normalized spacial score (nSPS) is 57.3. The van der Waals surface area contributed by atoms with Crippen molar-refractivity contribution in [1.29, 1.82) is 0 Å². The summed E-state index contributed by atoms with van der Waals surface area (Å²) in [4.78, 5) is 14.8. The highest BCUT2D eigenvalue weighted by molar-refractivity contribution is 5.78. The predicted octanol–water partition coefficient (Wildman–Crippen LogP) is 1.28. The van der Waals surface area contributed by atoms with Gasteiger partial charge in [-0.15, -0.1) is 0 Å². The first-order valence-electron chi connectivity index (χ1n) is 7.95. The van der Waals surface area contributed by atoms with Crippen LogP contribution in [0.15, 0.2) is 0 Å². The molecule has 0 amide bonds. The number of likely N-dealkylation sites (tertiary alicyclic amines) is 1. The number of hydrogen-bond donors (Lipinski definition) is 1. The first-order chi connectivity index (χ1) is 9.32. The van der Waals surface area contributed by atoms with Crippen molar-refractivity contribution >= 4 is 5.97 Å².